The lowest BCUT2D eigenvalue weighted by molar-refractivity contribution is -0.113. The molecule has 5 rings (SSSR count). The molecule has 0 saturated carbocycles. The monoisotopic (exact) mass is 487 g/mol. The van der Waals surface area contributed by atoms with Gasteiger partial charge in [-0.05, 0) is 42.3 Å². The molecule has 0 fully saturated rings. The molecule has 7 nitrogen and oxygen atoms in total. The van der Waals surface area contributed by atoms with Gasteiger partial charge in [-0.2, -0.15) is 0 Å². The number of carbonyl (C=O) groups excluding carboxylic acids is 1. The summed E-state index contributed by atoms with van der Waals surface area (Å²) in [4.78, 5) is 30.9. The van der Waals surface area contributed by atoms with Crippen molar-refractivity contribution in [2.75, 3.05) is 17.7 Å². The fraction of sp³-hybridized carbons (Fsp3) is 0.222. The molecule has 1 aliphatic heterocycles. The van der Waals surface area contributed by atoms with Crippen molar-refractivity contribution in [3.05, 3.63) is 88.7 Å². The molecule has 35 heavy (non-hydrogen) atoms. The number of aryl methyl sites for hydroxylation is 1. The minimum atomic E-state index is -0.366. The van der Waals surface area contributed by atoms with E-state index in [4.69, 9.17) is 14.5 Å². The number of fused-ring (bicyclic) bond motifs is 2. The van der Waals surface area contributed by atoms with Gasteiger partial charge in [0.1, 0.15) is 6.61 Å². The Balaban J connectivity index is 1.39. The number of benzene rings is 3. The quantitative estimate of drug-likeness (QED) is 0.305. The first-order valence-electron chi connectivity index (χ1n) is 11.5. The van der Waals surface area contributed by atoms with Gasteiger partial charge in [-0.1, -0.05) is 61.2 Å². The van der Waals surface area contributed by atoms with Crippen LogP contribution in [0.5, 0.6) is 11.5 Å². The fourth-order valence-electron chi connectivity index (χ4n) is 4.04. The minimum absolute atomic E-state index is 0.119. The van der Waals surface area contributed by atoms with Gasteiger partial charge in [0.25, 0.3) is 5.56 Å². The number of ether oxygens (including phenoxy) is 2. The molecule has 178 valence electrons. The zero-order valence-corrected chi connectivity index (χ0v) is 20.1. The van der Waals surface area contributed by atoms with Crippen molar-refractivity contribution in [2.24, 2.45) is 0 Å². The number of nitrogens with zero attached hydrogens (tertiary/aromatic N) is 2. The highest BCUT2D eigenvalue weighted by atomic mass is 32.2. The van der Waals surface area contributed by atoms with Crippen LogP contribution in [-0.2, 0) is 17.8 Å². The number of rotatable bonds is 7. The average molecular weight is 488 g/mol. The molecule has 8 heteroatoms. The first-order valence-corrected chi connectivity index (χ1v) is 12.5. The van der Waals surface area contributed by atoms with Crippen molar-refractivity contribution in [1.82, 2.24) is 9.55 Å². The molecular formula is C27H25N3O4S. The molecule has 4 aromatic rings. The molecule has 1 amide bonds. The molecule has 0 unspecified atom stereocenters. The maximum Gasteiger partial charge on any atom is 0.262 e. The highest BCUT2D eigenvalue weighted by Gasteiger charge is 2.24. The maximum atomic E-state index is 13.4. The van der Waals surface area contributed by atoms with E-state index in [2.05, 4.69) is 5.32 Å². The van der Waals surface area contributed by atoms with Gasteiger partial charge in [-0.15, -0.1) is 0 Å². The third kappa shape index (κ3) is 5.02. The van der Waals surface area contributed by atoms with Gasteiger partial charge < -0.3 is 14.8 Å². The van der Waals surface area contributed by atoms with Gasteiger partial charge in [-0.25, -0.2) is 4.98 Å². The zero-order valence-electron chi connectivity index (χ0n) is 19.3. The fourth-order valence-corrected chi connectivity index (χ4v) is 4.85. The molecule has 0 aliphatic carbocycles. The molecular weight excluding hydrogens is 462 g/mol. The van der Waals surface area contributed by atoms with E-state index >= 15 is 0 Å². The van der Waals surface area contributed by atoms with Crippen LogP contribution in [0.25, 0.3) is 10.9 Å². The second kappa shape index (κ2) is 10.2. The van der Waals surface area contributed by atoms with E-state index in [0.29, 0.717) is 34.2 Å². The van der Waals surface area contributed by atoms with E-state index in [1.807, 2.05) is 67.6 Å². The molecule has 3 aromatic carbocycles. The Morgan fingerprint density at radius 1 is 1.06 bits per heavy atom. The molecule has 0 saturated heterocycles. The van der Waals surface area contributed by atoms with Gasteiger partial charge in [0.15, 0.2) is 22.8 Å². The van der Waals surface area contributed by atoms with Crippen LogP contribution in [0.2, 0.25) is 0 Å². The van der Waals surface area contributed by atoms with E-state index in [9.17, 15) is 9.59 Å². The number of nitrogens with one attached hydrogen (secondary N) is 1. The number of anilines is 1. The lowest BCUT2D eigenvalue weighted by Crippen LogP contribution is -2.37. The van der Waals surface area contributed by atoms with Crippen molar-refractivity contribution in [1.29, 1.82) is 0 Å². The number of aromatic nitrogens is 2. The van der Waals surface area contributed by atoms with Crippen LogP contribution in [0.15, 0.2) is 82.7 Å². The van der Waals surface area contributed by atoms with Gasteiger partial charge >= 0.3 is 0 Å². The van der Waals surface area contributed by atoms with Crippen molar-refractivity contribution < 1.29 is 14.3 Å². The molecule has 1 N–H and O–H groups in total. The Hall–Kier alpha value is -3.78. The molecule has 1 aliphatic rings. The molecule has 1 aromatic heterocycles. The van der Waals surface area contributed by atoms with E-state index in [1.54, 1.807) is 16.7 Å². The Morgan fingerprint density at radius 3 is 2.66 bits per heavy atom. The first-order chi connectivity index (χ1) is 17.1. The predicted octanol–water partition coefficient (Wildman–Crippen LogP) is 4.53. The number of hydrogen-bond donors (Lipinski definition) is 1. The topological polar surface area (TPSA) is 82.5 Å². The van der Waals surface area contributed by atoms with Gasteiger partial charge in [-0.3, -0.25) is 14.2 Å². The molecule has 0 radical (unpaired) electrons. The SMILES string of the molecule is CCc1ccccc1NC(=O)CSc1nc2ccccc2c(=O)n1C[C@@H]1COc2ccccc2O1. The summed E-state index contributed by atoms with van der Waals surface area (Å²) in [5, 5.41) is 3.97. The van der Waals surface area contributed by atoms with Crippen LogP contribution >= 0.6 is 11.8 Å². The summed E-state index contributed by atoms with van der Waals surface area (Å²) in [6, 6.07) is 22.4. The summed E-state index contributed by atoms with van der Waals surface area (Å²) in [5.74, 6) is 1.30. The van der Waals surface area contributed by atoms with Crippen LogP contribution in [0.4, 0.5) is 5.69 Å². The number of para-hydroxylation sites is 4. The third-order valence-corrected chi connectivity index (χ3v) is 6.76. The number of thioether (sulfide) groups is 1. The van der Waals surface area contributed by atoms with Gasteiger partial charge in [0.2, 0.25) is 5.91 Å². The molecule has 0 spiro atoms. The van der Waals surface area contributed by atoms with Crippen molar-refractivity contribution in [2.45, 2.75) is 31.1 Å². The van der Waals surface area contributed by atoms with E-state index < -0.39 is 0 Å². The first kappa shape index (κ1) is 23.0. The Bertz CT molecular complexity index is 1440. The van der Waals surface area contributed by atoms with Crippen molar-refractivity contribution in [3.8, 4) is 11.5 Å². The van der Waals surface area contributed by atoms with Gasteiger partial charge in [0, 0.05) is 5.69 Å². The van der Waals surface area contributed by atoms with Crippen LogP contribution < -0.4 is 20.3 Å². The van der Waals surface area contributed by atoms with E-state index in [1.165, 1.54) is 11.8 Å². The molecule has 2 heterocycles. The number of carbonyl (C=O) groups is 1. The van der Waals surface area contributed by atoms with Crippen LogP contribution in [0, 0.1) is 0 Å². The zero-order chi connectivity index (χ0) is 24.2. The summed E-state index contributed by atoms with van der Waals surface area (Å²) in [7, 11) is 0. The largest absolute Gasteiger partial charge is 0.486 e. The van der Waals surface area contributed by atoms with Crippen molar-refractivity contribution >= 4 is 34.3 Å². The second-order valence-corrected chi connectivity index (χ2v) is 9.11. The lowest BCUT2D eigenvalue weighted by atomic mass is 10.1. The highest BCUT2D eigenvalue weighted by Crippen LogP contribution is 2.31. The summed E-state index contributed by atoms with van der Waals surface area (Å²) < 4.78 is 13.5. The standard InChI is InChI=1S/C27H25N3O4S/c1-2-18-9-3-5-11-21(18)28-25(31)17-35-27-29-22-12-6-4-10-20(22)26(32)30(27)15-19-16-33-23-13-7-8-14-24(23)34-19/h3-14,19H,2,15-17H2,1H3,(H,28,31)/t19-/m1/s1. The number of amides is 1. The van der Waals surface area contributed by atoms with Crippen molar-refractivity contribution in [3.63, 3.8) is 0 Å². The van der Waals surface area contributed by atoms with E-state index in [-0.39, 0.29) is 29.9 Å². The minimum Gasteiger partial charge on any atom is -0.486 e. The number of hydrogen-bond acceptors (Lipinski definition) is 6. The summed E-state index contributed by atoms with van der Waals surface area (Å²) in [6.07, 6.45) is 0.456. The van der Waals surface area contributed by atoms with Crippen LogP contribution in [-0.4, -0.2) is 33.9 Å². The highest BCUT2D eigenvalue weighted by molar-refractivity contribution is 7.99. The van der Waals surface area contributed by atoms with E-state index in [0.717, 1.165) is 17.7 Å². The van der Waals surface area contributed by atoms with Gasteiger partial charge in [0.05, 0.1) is 23.2 Å². The van der Waals surface area contributed by atoms with Crippen LogP contribution in [0.1, 0.15) is 12.5 Å². The lowest BCUT2D eigenvalue weighted by Gasteiger charge is -2.27. The maximum absolute atomic E-state index is 13.4. The Labute approximate surface area is 207 Å². The summed E-state index contributed by atoms with van der Waals surface area (Å²) in [5.41, 5.74) is 2.30. The smallest absolute Gasteiger partial charge is 0.262 e. The summed E-state index contributed by atoms with van der Waals surface area (Å²) in [6.45, 7) is 2.62. The summed E-state index contributed by atoms with van der Waals surface area (Å²) >= 11 is 1.23. The average Bonchev–Trinajstić information content (AvgIpc) is 2.89. The second-order valence-electron chi connectivity index (χ2n) is 8.17. The molecule has 0 bridgehead atoms. The molecule has 1 atom stereocenters. The van der Waals surface area contributed by atoms with Crippen LogP contribution in [0.3, 0.4) is 0 Å². The Morgan fingerprint density at radius 2 is 1.80 bits per heavy atom. The third-order valence-electron chi connectivity index (χ3n) is 5.79. The Kier molecular flexibility index (Phi) is 6.72. The normalized spacial score (nSPS) is 14.6. The predicted molar refractivity (Wildman–Crippen MR) is 138 cm³/mol.